The van der Waals surface area contributed by atoms with Crippen LogP contribution in [0, 0.1) is 0 Å². The predicted molar refractivity (Wildman–Crippen MR) is 90.4 cm³/mol. The highest BCUT2D eigenvalue weighted by Gasteiger charge is 2.16. The zero-order valence-corrected chi connectivity index (χ0v) is 14.1. The van der Waals surface area contributed by atoms with E-state index in [4.69, 9.17) is 0 Å². The zero-order chi connectivity index (χ0) is 16.8. The summed E-state index contributed by atoms with van der Waals surface area (Å²) in [6.45, 7) is 3.20. The summed E-state index contributed by atoms with van der Waals surface area (Å²) in [6.07, 6.45) is 5.47. The Labute approximate surface area is 136 Å². The predicted octanol–water partition coefficient (Wildman–Crippen LogP) is 1.28. The molecule has 23 heavy (non-hydrogen) atoms. The van der Waals surface area contributed by atoms with Gasteiger partial charge in [-0.1, -0.05) is 0 Å². The van der Waals surface area contributed by atoms with Gasteiger partial charge in [-0.2, -0.15) is 5.10 Å². The zero-order valence-electron chi connectivity index (χ0n) is 14.1. The minimum atomic E-state index is -0.104. The third-order valence-corrected chi connectivity index (χ3v) is 3.57. The molecule has 0 saturated carbocycles. The van der Waals surface area contributed by atoms with Crippen molar-refractivity contribution < 1.29 is 4.79 Å². The van der Waals surface area contributed by atoms with Crippen molar-refractivity contribution in [1.82, 2.24) is 25.0 Å². The number of aryl methyl sites for hydroxylation is 1. The van der Waals surface area contributed by atoms with Gasteiger partial charge in [0.25, 0.3) is 5.91 Å². The molecule has 7 heteroatoms. The lowest BCUT2D eigenvalue weighted by molar-refractivity contribution is 0.0955. The highest BCUT2D eigenvalue weighted by Crippen LogP contribution is 2.18. The number of carbonyl (C=O) groups is 1. The Balaban J connectivity index is 1.99. The van der Waals surface area contributed by atoms with Crippen molar-refractivity contribution in [3.8, 4) is 0 Å². The van der Waals surface area contributed by atoms with Crippen molar-refractivity contribution >= 4 is 11.7 Å². The number of hydrogen-bond acceptors (Lipinski definition) is 5. The second-order valence-electron chi connectivity index (χ2n) is 5.60. The maximum absolute atomic E-state index is 11.7. The van der Waals surface area contributed by atoms with E-state index in [1.54, 1.807) is 16.9 Å². The molecule has 2 N–H and O–H groups in total. The first-order valence-electron chi connectivity index (χ1n) is 7.64. The molecule has 2 aromatic rings. The van der Waals surface area contributed by atoms with Crippen LogP contribution in [0.5, 0.6) is 0 Å². The van der Waals surface area contributed by atoms with E-state index >= 15 is 0 Å². The SMILES string of the molecule is CCNC(=O)c1ccc(NCC(c2cnn(C)c2)N(C)C)nc1. The molecule has 0 aliphatic heterocycles. The van der Waals surface area contributed by atoms with Crippen LogP contribution in [-0.2, 0) is 7.05 Å². The quantitative estimate of drug-likeness (QED) is 0.805. The van der Waals surface area contributed by atoms with E-state index in [-0.39, 0.29) is 11.9 Å². The second-order valence-corrected chi connectivity index (χ2v) is 5.60. The molecule has 7 nitrogen and oxygen atoms in total. The lowest BCUT2D eigenvalue weighted by Crippen LogP contribution is -2.27. The summed E-state index contributed by atoms with van der Waals surface area (Å²) < 4.78 is 1.80. The molecule has 0 aromatic carbocycles. The molecule has 1 amide bonds. The number of nitrogens with zero attached hydrogens (tertiary/aromatic N) is 4. The van der Waals surface area contributed by atoms with E-state index in [2.05, 4.69) is 25.6 Å². The van der Waals surface area contributed by atoms with Crippen molar-refractivity contribution in [3.63, 3.8) is 0 Å². The topological polar surface area (TPSA) is 75.1 Å². The van der Waals surface area contributed by atoms with Crippen molar-refractivity contribution in [2.24, 2.45) is 7.05 Å². The maximum Gasteiger partial charge on any atom is 0.252 e. The summed E-state index contributed by atoms with van der Waals surface area (Å²) in [6, 6.07) is 3.78. The molecule has 1 atom stereocenters. The first-order valence-corrected chi connectivity index (χ1v) is 7.64. The summed E-state index contributed by atoms with van der Waals surface area (Å²) >= 11 is 0. The lowest BCUT2D eigenvalue weighted by Gasteiger charge is -2.23. The van der Waals surface area contributed by atoms with E-state index in [1.165, 1.54) is 0 Å². The molecular weight excluding hydrogens is 292 g/mol. The Bertz CT molecular complexity index is 634. The van der Waals surface area contributed by atoms with E-state index in [1.807, 2.05) is 46.5 Å². The number of pyridine rings is 1. The number of amides is 1. The van der Waals surface area contributed by atoms with Crippen LogP contribution in [0.1, 0.15) is 28.9 Å². The highest BCUT2D eigenvalue weighted by atomic mass is 16.1. The smallest absolute Gasteiger partial charge is 0.252 e. The fourth-order valence-electron chi connectivity index (χ4n) is 2.31. The van der Waals surface area contributed by atoms with Gasteiger partial charge >= 0.3 is 0 Å². The largest absolute Gasteiger partial charge is 0.368 e. The van der Waals surface area contributed by atoms with Gasteiger partial charge in [-0.25, -0.2) is 4.98 Å². The minimum absolute atomic E-state index is 0.104. The Morgan fingerprint density at radius 2 is 2.13 bits per heavy atom. The number of rotatable bonds is 7. The number of anilines is 1. The van der Waals surface area contributed by atoms with Crippen LogP contribution in [-0.4, -0.2) is 52.8 Å². The number of carbonyl (C=O) groups excluding carboxylic acids is 1. The van der Waals surface area contributed by atoms with Gasteiger partial charge in [0.1, 0.15) is 5.82 Å². The lowest BCUT2D eigenvalue weighted by atomic mass is 10.1. The molecule has 0 spiro atoms. The van der Waals surface area contributed by atoms with Crippen molar-refractivity contribution in [2.75, 3.05) is 32.5 Å². The van der Waals surface area contributed by atoms with Crippen molar-refractivity contribution in [3.05, 3.63) is 41.9 Å². The molecule has 0 saturated heterocycles. The van der Waals surface area contributed by atoms with Gasteiger partial charge in [0, 0.05) is 38.1 Å². The second kappa shape index (κ2) is 7.73. The Kier molecular flexibility index (Phi) is 5.70. The fraction of sp³-hybridized carbons (Fsp3) is 0.438. The van der Waals surface area contributed by atoms with Crippen LogP contribution in [0.4, 0.5) is 5.82 Å². The molecule has 0 bridgehead atoms. The Hall–Kier alpha value is -2.41. The van der Waals surface area contributed by atoms with E-state index < -0.39 is 0 Å². The molecule has 0 fully saturated rings. The van der Waals surface area contributed by atoms with Gasteiger partial charge in [-0.3, -0.25) is 9.48 Å². The first-order chi connectivity index (χ1) is 11.0. The number of aromatic nitrogens is 3. The number of likely N-dealkylation sites (N-methyl/N-ethyl adjacent to an activating group) is 1. The Morgan fingerprint density at radius 1 is 1.35 bits per heavy atom. The number of hydrogen-bond donors (Lipinski definition) is 2. The van der Waals surface area contributed by atoms with Gasteiger partial charge in [0.05, 0.1) is 17.8 Å². The van der Waals surface area contributed by atoms with E-state index in [9.17, 15) is 4.79 Å². The number of nitrogens with one attached hydrogen (secondary N) is 2. The molecule has 0 aliphatic carbocycles. The first kappa shape index (κ1) is 17.0. The summed E-state index contributed by atoms with van der Waals surface area (Å²) in [4.78, 5) is 18.1. The van der Waals surface area contributed by atoms with E-state index in [0.717, 1.165) is 11.4 Å². The van der Waals surface area contributed by atoms with Gasteiger partial charge in [-0.15, -0.1) is 0 Å². The average Bonchev–Trinajstić information content (AvgIpc) is 2.94. The van der Waals surface area contributed by atoms with Crippen LogP contribution in [0.15, 0.2) is 30.7 Å². The normalized spacial score (nSPS) is 12.2. The van der Waals surface area contributed by atoms with E-state index in [0.29, 0.717) is 18.7 Å². The highest BCUT2D eigenvalue weighted by molar-refractivity contribution is 5.93. The summed E-state index contributed by atoms with van der Waals surface area (Å²) in [7, 11) is 5.97. The average molecular weight is 316 g/mol. The summed E-state index contributed by atoms with van der Waals surface area (Å²) in [5.41, 5.74) is 1.71. The van der Waals surface area contributed by atoms with Gasteiger partial charge in [0.2, 0.25) is 0 Å². The molecule has 2 rings (SSSR count). The molecular formula is C16H24N6O. The third kappa shape index (κ3) is 4.53. The summed E-state index contributed by atoms with van der Waals surface area (Å²) in [5.74, 6) is 0.641. The van der Waals surface area contributed by atoms with Crippen LogP contribution >= 0.6 is 0 Å². The van der Waals surface area contributed by atoms with Crippen molar-refractivity contribution in [2.45, 2.75) is 13.0 Å². The van der Waals surface area contributed by atoms with Gasteiger partial charge in [-0.05, 0) is 33.2 Å². The third-order valence-electron chi connectivity index (χ3n) is 3.57. The van der Waals surface area contributed by atoms with Crippen LogP contribution < -0.4 is 10.6 Å². The van der Waals surface area contributed by atoms with Gasteiger partial charge in [0.15, 0.2) is 0 Å². The molecule has 0 radical (unpaired) electrons. The molecule has 124 valence electrons. The molecule has 2 heterocycles. The van der Waals surface area contributed by atoms with Crippen LogP contribution in [0.3, 0.4) is 0 Å². The standard InChI is InChI=1S/C16H24N6O/c1-5-17-16(23)12-6-7-15(18-8-12)19-10-14(21(2)3)13-9-20-22(4)11-13/h6-9,11,14H,5,10H2,1-4H3,(H,17,23)(H,18,19). The molecule has 0 aliphatic rings. The van der Waals surface area contributed by atoms with Gasteiger partial charge < -0.3 is 15.5 Å². The monoisotopic (exact) mass is 316 g/mol. The van der Waals surface area contributed by atoms with Crippen LogP contribution in [0.2, 0.25) is 0 Å². The van der Waals surface area contributed by atoms with Crippen molar-refractivity contribution in [1.29, 1.82) is 0 Å². The minimum Gasteiger partial charge on any atom is -0.368 e. The van der Waals surface area contributed by atoms with Crippen LogP contribution in [0.25, 0.3) is 0 Å². The Morgan fingerprint density at radius 3 is 2.65 bits per heavy atom. The molecule has 1 unspecified atom stereocenters. The summed E-state index contributed by atoms with van der Waals surface area (Å²) in [5, 5.41) is 10.3. The fourth-order valence-corrected chi connectivity index (χ4v) is 2.31. The maximum atomic E-state index is 11.7. The molecule has 2 aromatic heterocycles.